The summed E-state index contributed by atoms with van der Waals surface area (Å²) in [5, 5.41) is 21.8. The van der Waals surface area contributed by atoms with Gasteiger partial charge in [-0.25, -0.2) is 4.79 Å². The van der Waals surface area contributed by atoms with Crippen LogP contribution < -0.4 is 10.6 Å². The van der Waals surface area contributed by atoms with Gasteiger partial charge in [-0.15, -0.1) is 0 Å². The SMILES string of the molecule is O=C(O)CC(NC(=O)OCC1c2ccccc2-c2ccccc21)C(=O)Nc1cccc2[nH]ncc12. The van der Waals surface area contributed by atoms with Crippen molar-refractivity contribution in [2.24, 2.45) is 0 Å². The predicted octanol–water partition coefficient (Wildman–Crippen LogP) is 3.88. The number of fused-ring (bicyclic) bond motifs is 4. The molecular formula is C26H22N4O5. The fraction of sp³-hybridized carbons (Fsp3) is 0.154. The third kappa shape index (κ3) is 4.43. The minimum absolute atomic E-state index is 0.0512. The molecule has 9 heteroatoms. The Hall–Kier alpha value is -4.66. The number of carbonyl (C=O) groups is 3. The van der Waals surface area contributed by atoms with Gasteiger partial charge in [-0.05, 0) is 34.4 Å². The third-order valence-electron chi connectivity index (χ3n) is 6.07. The number of aromatic nitrogens is 2. The van der Waals surface area contributed by atoms with Crippen LogP contribution in [0.3, 0.4) is 0 Å². The number of rotatable bonds is 7. The van der Waals surface area contributed by atoms with Crippen LogP contribution in [0.15, 0.2) is 72.9 Å². The fourth-order valence-corrected chi connectivity index (χ4v) is 4.46. The van der Waals surface area contributed by atoms with Gasteiger partial charge in [-0.1, -0.05) is 54.6 Å². The van der Waals surface area contributed by atoms with Gasteiger partial charge >= 0.3 is 12.1 Å². The van der Waals surface area contributed by atoms with Crippen molar-refractivity contribution in [2.75, 3.05) is 11.9 Å². The largest absolute Gasteiger partial charge is 0.481 e. The van der Waals surface area contributed by atoms with E-state index in [0.717, 1.165) is 22.3 Å². The summed E-state index contributed by atoms with van der Waals surface area (Å²) in [6.45, 7) is 0.0512. The molecule has 9 nitrogen and oxygen atoms in total. The van der Waals surface area contributed by atoms with Crippen LogP contribution in [0.2, 0.25) is 0 Å². The molecule has 176 valence electrons. The number of hydrogen-bond acceptors (Lipinski definition) is 5. The molecule has 2 amide bonds. The molecule has 0 aliphatic heterocycles. The number of hydrogen-bond donors (Lipinski definition) is 4. The number of alkyl carbamates (subject to hydrolysis) is 1. The van der Waals surface area contributed by atoms with E-state index >= 15 is 0 Å². The van der Waals surface area contributed by atoms with Crippen LogP contribution in [0.25, 0.3) is 22.0 Å². The van der Waals surface area contributed by atoms with Gasteiger partial charge in [0.1, 0.15) is 12.6 Å². The molecule has 0 radical (unpaired) electrons. The monoisotopic (exact) mass is 470 g/mol. The summed E-state index contributed by atoms with van der Waals surface area (Å²) in [7, 11) is 0. The number of carbonyl (C=O) groups excluding carboxylic acids is 2. The van der Waals surface area contributed by atoms with E-state index in [9.17, 15) is 19.5 Å². The Kier molecular flexibility index (Phi) is 5.88. The zero-order valence-electron chi connectivity index (χ0n) is 18.5. The van der Waals surface area contributed by atoms with E-state index in [1.165, 1.54) is 0 Å². The lowest BCUT2D eigenvalue weighted by Crippen LogP contribution is -2.45. The highest BCUT2D eigenvalue weighted by atomic mass is 16.5. The Balaban J connectivity index is 1.28. The molecule has 1 unspecified atom stereocenters. The lowest BCUT2D eigenvalue weighted by Gasteiger charge is -2.19. The number of amides is 2. The van der Waals surface area contributed by atoms with Crippen molar-refractivity contribution in [3.05, 3.63) is 84.1 Å². The summed E-state index contributed by atoms with van der Waals surface area (Å²) in [6.07, 6.45) is 0.0860. The molecule has 0 spiro atoms. The molecule has 0 bridgehead atoms. The molecule has 3 aromatic carbocycles. The Bertz CT molecular complexity index is 1380. The molecule has 1 heterocycles. The number of ether oxygens (including phenoxy) is 1. The van der Waals surface area contributed by atoms with Gasteiger partial charge in [0.05, 0.1) is 23.8 Å². The number of anilines is 1. The van der Waals surface area contributed by atoms with E-state index in [1.807, 2.05) is 48.5 Å². The Labute approximate surface area is 200 Å². The van der Waals surface area contributed by atoms with E-state index < -0.39 is 30.4 Å². The first kappa shape index (κ1) is 22.1. The highest BCUT2D eigenvalue weighted by Crippen LogP contribution is 2.44. The molecule has 1 aromatic heterocycles. The van der Waals surface area contributed by atoms with E-state index in [-0.39, 0.29) is 12.5 Å². The number of carboxylic acids is 1. The van der Waals surface area contributed by atoms with E-state index in [2.05, 4.69) is 20.8 Å². The summed E-state index contributed by atoms with van der Waals surface area (Å²) in [4.78, 5) is 36.9. The number of H-pyrrole nitrogens is 1. The smallest absolute Gasteiger partial charge is 0.407 e. The number of carboxylic acid groups (broad SMARTS) is 1. The number of aliphatic carboxylic acids is 1. The fourth-order valence-electron chi connectivity index (χ4n) is 4.46. The second-order valence-electron chi connectivity index (χ2n) is 8.25. The van der Waals surface area contributed by atoms with Crippen molar-refractivity contribution in [3.63, 3.8) is 0 Å². The Morgan fingerprint density at radius 2 is 1.66 bits per heavy atom. The Morgan fingerprint density at radius 1 is 0.971 bits per heavy atom. The van der Waals surface area contributed by atoms with Gasteiger partial charge in [-0.2, -0.15) is 5.10 Å². The maximum absolute atomic E-state index is 12.9. The van der Waals surface area contributed by atoms with Crippen LogP contribution in [-0.2, 0) is 14.3 Å². The maximum atomic E-state index is 12.9. The number of benzene rings is 3. The molecule has 0 saturated heterocycles. The van der Waals surface area contributed by atoms with Gasteiger partial charge in [0, 0.05) is 11.3 Å². The predicted molar refractivity (Wildman–Crippen MR) is 129 cm³/mol. The number of nitrogens with zero attached hydrogens (tertiary/aromatic N) is 1. The molecule has 35 heavy (non-hydrogen) atoms. The molecule has 1 aliphatic rings. The topological polar surface area (TPSA) is 133 Å². The first-order chi connectivity index (χ1) is 17.0. The van der Waals surface area contributed by atoms with Gasteiger partial charge in [-0.3, -0.25) is 14.7 Å². The minimum Gasteiger partial charge on any atom is -0.481 e. The van der Waals surface area contributed by atoms with Gasteiger partial charge in [0.2, 0.25) is 5.91 Å². The molecule has 0 fully saturated rings. The quantitative estimate of drug-likeness (QED) is 0.324. The molecular weight excluding hydrogens is 448 g/mol. The maximum Gasteiger partial charge on any atom is 0.407 e. The molecule has 1 aliphatic carbocycles. The van der Waals surface area contributed by atoms with Crippen LogP contribution in [0.4, 0.5) is 10.5 Å². The van der Waals surface area contributed by atoms with Crippen molar-refractivity contribution >= 4 is 34.6 Å². The first-order valence-corrected chi connectivity index (χ1v) is 11.1. The van der Waals surface area contributed by atoms with E-state index in [0.29, 0.717) is 16.6 Å². The van der Waals surface area contributed by atoms with Crippen molar-refractivity contribution in [1.82, 2.24) is 15.5 Å². The minimum atomic E-state index is -1.33. The normalized spacial score (nSPS) is 13.0. The Morgan fingerprint density at radius 3 is 2.34 bits per heavy atom. The second-order valence-corrected chi connectivity index (χ2v) is 8.25. The molecule has 1 atom stereocenters. The van der Waals surface area contributed by atoms with Crippen LogP contribution in [0.5, 0.6) is 0 Å². The van der Waals surface area contributed by atoms with Crippen LogP contribution in [0.1, 0.15) is 23.5 Å². The van der Waals surface area contributed by atoms with E-state index in [4.69, 9.17) is 4.74 Å². The summed E-state index contributed by atoms with van der Waals surface area (Å²) >= 11 is 0. The number of nitrogens with one attached hydrogen (secondary N) is 3. The lowest BCUT2D eigenvalue weighted by molar-refractivity contribution is -0.139. The zero-order chi connectivity index (χ0) is 24.4. The molecule has 0 saturated carbocycles. The number of aromatic amines is 1. The van der Waals surface area contributed by atoms with Gasteiger partial charge in [0.25, 0.3) is 0 Å². The summed E-state index contributed by atoms with van der Waals surface area (Å²) in [6, 6.07) is 19.7. The average molecular weight is 470 g/mol. The van der Waals surface area contributed by atoms with E-state index in [1.54, 1.807) is 24.4 Å². The van der Waals surface area contributed by atoms with Crippen molar-refractivity contribution in [2.45, 2.75) is 18.4 Å². The zero-order valence-corrected chi connectivity index (χ0v) is 18.5. The van der Waals surface area contributed by atoms with Crippen LogP contribution in [0, 0.1) is 0 Å². The molecule has 5 rings (SSSR count). The summed E-state index contributed by atoms with van der Waals surface area (Å²) < 4.78 is 5.47. The highest BCUT2D eigenvalue weighted by Gasteiger charge is 2.30. The standard InChI is InChI=1S/C26H22N4O5/c31-24(32)12-23(25(33)28-21-10-5-11-22-19(21)13-27-30-22)29-26(34)35-14-20-17-8-3-1-6-15(17)16-7-2-4-9-18(16)20/h1-11,13,20,23H,12,14H2,(H,27,30)(H,28,33)(H,29,34)(H,31,32). The average Bonchev–Trinajstić information content (AvgIpc) is 3.46. The van der Waals surface area contributed by atoms with Gasteiger partial charge in [0.15, 0.2) is 0 Å². The third-order valence-corrected chi connectivity index (χ3v) is 6.07. The molecule has 4 aromatic rings. The molecule has 4 N–H and O–H groups in total. The van der Waals surface area contributed by atoms with Crippen molar-refractivity contribution in [1.29, 1.82) is 0 Å². The van der Waals surface area contributed by atoms with Crippen molar-refractivity contribution < 1.29 is 24.2 Å². The lowest BCUT2D eigenvalue weighted by atomic mass is 9.98. The van der Waals surface area contributed by atoms with Gasteiger partial charge < -0.3 is 20.5 Å². The highest BCUT2D eigenvalue weighted by molar-refractivity contribution is 6.04. The van der Waals surface area contributed by atoms with Crippen LogP contribution in [-0.4, -0.2) is 45.9 Å². The van der Waals surface area contributed by atoms with Crippen molar-refractivity contribution in [3.8, 4) is 11.1 Å². The van der Waals surface area contributed by atoms with Crippen LogP contribution >= 0.6 is 0 Å². The second kappa shape index (κ2) is 9.30. The first-order valence-electron chi connectivity index (χ1n) is 11.1. The summed E-state index contributed by atoms with van der Waals surface area (Å²) in [5.74, 6) is -2.06. The summed E-state index contributed by atoms with van der Waals surface area (Å²) in [5.41, 5.74) is 5.44.